The Balaban J connectivity index is 1.39. The predicted molar refractivity (Wildman–Crippen MR) is 104 cm³/mol. The van der Waals surface area contributed by atoms with Gasteiger partial charge in [0.25, 0.3) is 0 Å². The Bertz CT molecular complexity index is 951. The third-order valence-corrected chi connectivity index (χ3v) is 5.57. The van der Waals surface area contributed by atoms with Gasteiger partial charge in [0, 0.05) is 44.6 Å². The van der Waals surface area contributed by atoms with Gasteiger partial charge >= 0.3 is 0 Å². The van der Waals surface area contributed by atoms with Crippen LogP contribution in [0, 0.1) is 11.3 Å². The highest BCUT2D eigenvalue weighted by Crippen LogP contribution is 2.28. The topological polar surface area (TPSA) is 80.5 Å². The minimum Gasteiger partial charge on any atom is -0.342 e. The monoisotopic (exact) mass is 378 g/mol. The molecule has 0 aromatic carbocycles. The number of likely N-dealkylation sites (tertiary alicyclic amines) is 1. The average Bonchev–Trinajstić information content (AvgIpc) is 3.43. The van der Waals surface area contributed by atoms with Gasteiger partial charge in [-0.25, -0.2) is 0 Å². The van der Waals surface area contributed by atoms with Gasteiger partial charge in [-0.15, -0.1) is 10.2 Å². The van der Waals surface area contributed by atoms with E-state index in [-0.39, 0.29) is 0 Å². The molecule has 0 unspecified atom stereocenters. The first-order valence-electron chi connectivity index (χ1n) is 9.85. The summed E-state index contributed by atoms with van der Waals surface area (Å²) in [4.78, 5) is 2.46. The Labute approximate surface area is 165 Å². The molecule has 0 aliphatic carbocycles. The van der Waals surface area contributed by atoms with Crippen molar-refractivity contribution < 1.29 is 0 Å². The number of aromatic nitrogens is 6. The van der Waals surface area contributed by atoms with Crippen LogP contribution in [-0.2, 0) is 26.7 Å². The molecule has 1 aliphatic heterocycles. The van der Waals surface area contributed by atoms with Crippen molar-refractivity contribution in [3.8, 4) is 6.07 Å². The third kappa shape index (κ3) is 3.71. The highest BCUT2D eigenvalue weighted by Gasteiger charge is 2.26. The molecule has 8 nitrogen and oxygen atoms in total. The Morgan fingerprint density at radius 3 is 2.68 bits per heavy atom. The van der Waals surface area contributed by atoms with E-state index in [9.17, 15) is 0 Å². The van der Waals surface area contributed by atoms with Gasteiger partial charge in [0.15, 0.2) is 5.82 Å². The molecular formula is C20H26N8. The maximum atomic E-state index is 9.13. The molecule has 28 heavy (non-hydrogen) atoms. The summed E-state index contributed by atoms with van der Waals surface area (Å²) in [7, 11) is 1.92. The van der Waals surface area contributed by atoms with Gasteiger partial charge in [-0.05, 0) is 50.6 Å². The highest BCUT2D eigenvalue weighted by molar-refractivity contribution is 5.28. The lowest BCUT2D eigenvalue weighted by Gasteiger charge is -2.31. The predicted octanol–water partition coefficient (Wildman–Crippen LogP) is 2.13. The number of piperidine rings is 1. The number of aryl methyl sites for hydroxylation is 1. The largest absolute Gasteiger partial charge is 0.342 e. The molecule has 4 rings (SSSR count). The van der Waals surface area contributed by atoms with Gasteiger partial charge < -0.3 is 9.13 Å². The molecule has 0 N–H and O–H groups in total. The summed E-state index contributed by atoms with van der Waals surface area (Å²) in [5.41, 5.74) is 1.92. The Kier molecular flexibility index (Phi) is 5.26. The van der Waals surface area contributed by atoms with E-state index in [2.05, 4.69) is 44.0 Å². The van der Waals surface area contributed by atoms with Crippen molar-refractivity contribution >= 4 is 0 Å². The van der Waals surface area contributed by atoms with E-state index >= 15 is 0 Å². The van der Waals surface area contributed by atoms with E-state index in [1.807, 2.05) is 34.6 Å². The third-order valence-electron chi connectivity index (χ3n) is 5.57. The Morgan fingerprint density at radius 2 is 2.04 bits per heavy atom. The van der Waals surface area contributed by atoms with Crippen LogP contribution in [0.25, 0.3) is 0 Å². The number of nitrogens with zero attached hydrogens (tertiary/aromatic N) is 8. The Morgan fingerprint density at radius 1 is 1.21 bits per heavy atom. The van der Waals surface area contributed by atoms with Crippen LogP contribution in [0.15, 0.2) is 30.7 Å². The highest BCUT2D eigenvalue weighted by atomic mass is 15.3. The first-order chi connectivity index (χ1) is 13.7. The van der Waals surface area contributed by atoms with Crippen molar-refractivity contribution in [2.24, 2.45) is 7.05 Å². The van der Waals surface area contributed by atoms with Crippen LogP contribution in [0.4, 0.5) is 0 Å². The van der Waals surface area contributed by atoms with Crippen LogP contribution < -0.4 is 0 Å². The van der Waals surface area contributed by atoms with Crippen molar-refractivity contribution in [2.75, 3.05) is 13.1 Å². The second-order valence-electron chi connectivity index (χ2n) is 7.43. The molecule has 0 atom stereocenters. The van der Waals surface area contributed by atoms with Crippen LogP contribution in [0.3, 0.4) is 0 Å². The zero-order chi connectivity index (χ0) is 19.5. The second-order valence-corrected chi connectivity index (χ2v) is 7.43. The molecule has 146 valence electrons. The first kappa shape index (κ1) is 18.4. The normalized spacial score (nSPS) is 15.8. The van der Waals surface area contributed by atoms with Crippen molar-refractivity contribution in [1.82, 2.24) is 34.0 Å². The molecule has 3 aromatic rings. The van der Waals surface area contributed by atoms with Gasteiger partial charge in [0.05, 0.1) is 0 Å². The molecule has 1 fully saturated rings. The maximum absolute atomic E-state index is 9.13. The van der Waals surface area contributed by atoms with Crippen molar-refractivity contribution in [2.45, 2.75) is 45.3 Å². The number of nitriles is 1. The summed E-state index contributed by atoms with van der Waals surface area (Å²) in [6.45, 7) is 6.64. The molecule has 0 spiro atoms. The van der Waals surface area contributed by atoms with Crippen LogP contribution in [0.2, 0.25) is 0 Å². The molecule has 0 radical (unpaired) electrons. The smallest absolute Gasteiger partial charge is 0.154 e. The fourth-order valence-electron chi connectivity index (χ4n) is 4.09. The van der Waals surface area contributed by atoms with E-state index in [0.717, 1.165) is 50.7 Å². The lowest BCUT2D eigenvalue weighted by molar-refractivity contribution is 0.200. The van der Waals surface area contributed by atoms with Gasteiger partial charge in [-0.2, -0.15) is 10.4 Å². The molecule has 0 bridgehead atoms. The molecule has 8 heteroatoms. The van der Waals surface area contributed by atoms with E-state index < -0.39 is 0 Å². The molecule has 1 aliphatic rings. The van der Waals surface area contributed by atoms with Gasteiger partial charge in [-0.3, -0.25) is 9.58 Å². The maximum Gasteiger partial charge on any atom is 0.154 e. The number of hydrogen-bond donors (Lipinski definition) is 0. The lowest BCUT2D eigenvalue weighted by atomic mass is 9.95. The zero-order valence-electron chi connectivity index (χ0n) is 16.5. The van der Waals surface area contributed by atoms with Crippen LogP contribution in [0.1, 0.15) is 48.6 Å². The lowest BCUT2D eigenvalue weighted by Crippen LogP contribution is -2.33. The van der Waals surface area contributed by atoms with Crippen LogP contribution in [-0.4, -0.2) is 47.1 Å². The SMILES string of the molecule is CCn1c(Cn2cccn2)nnc1C1CCN(Cc2cc(C#N)n(C)c2)CC1. The van der Waals surface area contributed by atoms with Crippen LogP contribution in [0.5, 0.6) is 0 Å². The number of hydrogen-bond acceptors (Lipinski definition) is 5. The van der Waals surface area contributed by atoms with Crippen molar-refractivity contribution in [3.05, 3.63) is 53.6 Å². The quantitative estimate of drug-likeness (QED) is 0.656. The summed E-state index contributed by atoms with van der Waals surface area (Å²) in [6.07, 6.45) is 7.96. The summed E-state index contributed by atoms with van der Waals surface area (Å²) < 4.78 is 6.03. The molecule has 4 heterocycles. The summed E-state index contributed by atoms with van der Waals surface area (Å²) in [5, 5.41) is 22.4. The molecule has 1 saturated heterocycles. The van der Waals surface area contributed by atoms with E-state index in [0.29, 0.717) is 18.2 Å². The zero-order valence-corrected chi connectivity index (χ0v) is 16.5. The van der Waals surface area contributed by atoms with Crippen molar-refractivity contribution in [1.29, 1.82) is 5.26 Å². The molecule has 0 saturated carbocycles. The fraction of sp³-hybridized carbons (Fsp3) is 0.500. The second kappa shape index (κ2) is 7.98. The van der Waals surface area contributed by atoms with E-state index in [1.165, 1.54) is 5.56 Å². The van der Waals surface area contributed by atoms with Crippen LogP contribution >= 0.6 is 0 Å². The summed E-state index contributed by atoms with van der Waals surface area (Å²) >= 11 is 0. The summed E-state index contributed by atoms with van der Waals surface area (Å²) in [5.74, 6) is 2.52. The minimum absolute atomic E-state index is 0.445. The first-order valence-corrected chi connectivity index (χ1v) is 9.85. The molecular weight excluding hydrogens is 352 g/mol. The number of rotatable bonds is 6. The molecule has 0 amide bonds. The van der Waals surface area contributed by atoms with Gasteiger partial charge in [-0.1, -0.05) is 0 Å². The summed E-state index contributed by atoms with van der Waals surface area (Å²) in [6, 6.07) is 6.15. The minimum atomic E-state index is 0.445. The average molecular weight is 378 g/mol. The standard InChI is InChI=1S/C20H26N8/c1-3-28-19(15-27-8-4-7-22-27)23-24-20(28)17-5-9-26(10-6-17)14-16-11-18(12-21)25(2)13-16/h4,7-8,11,13,17H,3,5-6,9-10,14-15H2,1-2H3. The van der Waals surface area contributed by atoms with Gasteiger partial charge in [0.2, 0.25) is 0 Å². The van der Waals surface area contributed by atoms with Gasteiger partial charge in [0.1, 0.15) is 24.1 Å². The van der Waals surface area contributed by atoms with E-state index in [4.69, 9.17) is 5.26 Å². The fourth-order valence-corrected chi connectivity index (χ4v) is 4.09. The Hall–Kier alpha value is -2.92. The van der Waals surface area contributed by atoms with E-state index in [1.54, 1.807) is 6.20 Å². The molecule has 3 aromatic heterocycles. The van der Waals surface area contributed by atoms with Crippen molar-refractivity contribution in [3.63, 3.8) is 0 Å².